The summed E-state index contributed by atoms with van der Waals surface area (Å²) < 4.78 is 1.79. The van der Waals surface area contributed by atoms with E-state index < -0.39 is 0 Å². The maximum atomic E-state index is 6.03. The van der Waals surface area contributed by atoms with E-state index >= 15 is 0 Å². The molecule has 0 radical (unpaired) electrons. The van der Waals surface area contributed by atoms with Gasteiger partial charge in [0.25, 0.3) is 0 Å². The molecule has 0 spiro atoms. The number of hydrogen-bond acceptors (Lipinski definition) is 3. The van der Waals surface area contributed by atoms with Gasteiger partial charge in [0.05, 0.1) is 33.7 Å². The van der Waals surface area contributed by atoms with E-state index in [1.54, 1.807) is 4.68 Å². The van der Waals surface area contributed by atoms with Crippen molar-refractivity contribution in [1.82, 2.24) is 9.78 Å². The van der Waals surface area contributed by atoms with Gasteiger partial charge < -0.3 is 10.6 Å². The highest BCUT2D eigenvalue weighted by Crippen LogP contribution is 2.37. The highest BCUT2D eigenvalue weighted by molar-refractivity contribution is 6.42. The molecule has 0 aliphatic carbocycles. The predicted octanol–water partition coefficient (Wildman–Crippen LogP) is 3.31. The summed E-state index contributed by atoms with van der Waals surface area (Å²) in [4.78, 5) is 0. The first-order valence-electron chi connectivity index (χ1n) is 5.61. The molecule has 94 valence electrons. The van der Waals surface area contributed by atoms with E-state index in [0.717, 1.165) is 23.5 Å². The molecule has 0 saturated heterocycles. The maximum absolute atomic E-state index is 6.03. The first-order valence-corrected chi connectivity index (χ1v) is 6.37. The summed E-state index contributed by atoms with van der Waals surface area (Å²) in [5.74, 6) is 0. The Bertz CT molecular complexity index is 594. The van der Waals surface area contributed by atoms with Crippen LogP contribution in [0.25, 0.3) is 0 Å². The molecular formula is C12H12Cl2N4. The Kier molecular flexibility index (Phi) is 2.84. The SMILES string of the molecule is Cn1cc(C2CNc3cc(Cl)c(Cl)cc3N2)cn1. The standard InChI is InChI=1S/C12H12Cl2N4/c1-18-6-7(4-16-18)12-5-15-10-2-8(13)9(14)3-11(10)17-12/h2-4,6,12,15,17H,5H2,1H3. The number of rotatable bonds is 1. The second-order valence-corrected chi connectivity index (χ2v) is 5.15. The molecule has 3 rings (SSSR count). The largest absolute Gasteiger partial charge is 0.381 e. The van der Waals surface area contributed by atoms with Crippen LogP contribution in [0.5, 0.6) is 0 Å². The molecular weight excluding hydrogens is 271 g/mol. The molecule has 0 saturated carbocycles. The summed E-state index contributed by atoms with van der Waals surface area (Å²) in [5, 5.41) is 12.1. The van der Waals surface area contributed by atoms with Gasteiger partial charge in [0, 0.05) is 25.4 Å². The lowest BCUT2D eigenvalue weighted by Gasteiger charge is -2.28. The van der Waals surface area contributed by atoms with Gasteiger partial charge in [-0.3, -0.25) is 4.68 Å². The van der Waals surface area contributed by atoms with Crippen LogP contribution in [0.2, 0.25) is 10.0 Å². The molecule has 0 fully saturated rings. The third-order valence-corrected chi connectivity index (χ3v) is 3.74. The minimum atomic E-state index is 0.184. The lowest BCUT2D eigenvalue weighted by atomic mass is 10.1. The summed E-state index contributed by atoms with van der Waals surface area (Å²) in [6.45, 7) is 0.788. The number of nitrogens with zero attached hydrogens (tertiary/aromatic N) is 2. The van der Waals surface area contributed by atoms with Crippen molar-refractivity contribution in [1.29, 1.82) is 0 Å². The van der Waals surface area contributed by atoms with Crippen LogP contribution < -0.4 is 10.6 Å². The minimum Gasteiger partial charge on any atom is -0.381 e. The zero-order valence-electron chi connectivity index (χ0n) is 9.74. The molecule has 0 amide bonds. The molecule has 2 N–H and O–H groups in total. The fourth-order valence-corrected chi connectivity index (χ4v) is 2.41. The first-order chi connectivity index (χ1) is 8.63. The fourth-order valence-electron chi connectivity index (χ4n) is 2.08. The lowest BCUT2D eigenvalue weighted by molar-refractivity contribution is 0.761. The highest BCUT2D eigenvalue weighted by atomic mass is 35.5. The van der Waals surface area contributed by atoms with E-state index in [9.17, 15) is 0 Å². The van der Waals surface area contributed by atoms with E-state index in [1.165, 1.54) is 0 Å². The average molecular weight is 283 g/mol. The first kappa shape index (κ1) is 11.7. The Morgan fingerprint density at radius 3 is 2.67 bits per heavy atom. The topological polar surface area (TPSA) is 41.9 Å². The molecule has 2 aromatic rings. The maximum Gasteiger partial charge on any atom is 0.0717 e. The Morgan fingerprint density at radius 2 is 2.00 bits per heavy atom. The van der Waals surface area contributed by atoms with Gasteiger partial charge in [-0.05, 0) is 12.1 Å². The molecule has 2 heterocycles. The molecule has 1 aromatic heterocycles. The molecule has 1 aromatic carbocycles. The summed E-state index contributed by atoms with van der Waals surface area (Å²) in [5.41, 5.74) is 3.08. The number of nitrogens with one attached hydrogen (secondary N) is 2. The van der Waals surface area contributed by atoms with Crippen molar-refractivity contribution in [2.24, 2.45) is 7.05 Å². The van der Waals surface area contributed by atoms with Gasteiger partial charge in [0.15, 0.2) is 0 Å². The van der Waals surface area contributed by atoms with Crippen molar-refractivity contribution >= 4 is 34.6 Å². The monoisotopic (exact) mass is 282 g/mol. The fraction of sp³-hybridized carbons (Fsp3) is 0.250. The molecule has 1 aliphatic rings. The van der Waals surface area contributed by atoms with Gasteiger partial charge in [-0.1, -0.05) is 23.2 Å². The summed E-state index contributed by atoms with van der Waals surface area (Å²) in [6, 6.07) is 3.86. The van der Waals surface area contributed by atoms with Crippen molar-refractivity contribution in [3.8, 4) is 0 Å². The number of aromatic nitrogens is 2. The second kappa shape index (κ2) is 4.37. The second-order valence-electron chi connectivity index (χ2n) is 4.34. The summed E-state index contributed by atoms with van der Waals surface area (Å²) in [6.07, 6.45) is 3.86. The zero-order chi connectivity index (χ0) is 12.7. The third-order valence-electron chi connectivity index (χ3n) is 3.01. The molecule has 1 atom stereocenters. The van der Waals surface area contributed by atoms with E-state index in [2.05, 4.69) is 15.7 Å². The Balaban J connectivity index is 1.91. The summed E-state index contributed by atoms with van der Waals surface area (Å²) in [7, 11) is 1.91. The van der Waals surface area contributed by atoms with E-state index in [4.69, 9.17) is 23.2 Å². The van der Waals surface area contributed by atoms with Crippen molar-refractivity contribution < 1.29 is 0 Å². The highest BCUT2D eigenvalue weighted by Gasteiger charge is 2.20. The normalized spacial score (nSPS) is 17.8. The number of halogens is 2. The van der Waals surface area contributed by atoms with Crippen molar-refractivity contribution in [2.45, 2.75) is 6.04 Å². The van der Waals surface area contributed by atoms with Crippen LogP contribution in [0, 0.1) is 0 Å². The Morgan fingerprint density at radius 1 is 1.28 bits per heavy atom. The molecule has 6 heteroatoms. The number of aryl methyl sites for hydroxylation is 1. The molecule has 1 aliphatic heterocycles. The minimum absolute atomic E-state index is 0.184. The van der Waals surface area contributed by atoms with Crippen LogP contribution in [0.15, 0.2) is 24.5 Å². The van der Waals surface area contributed by atoms with Crippen LogP contribution in [-0.4, -0.2) is 16.3 Å². The van der Waals surface area contributed by atoms with Crippen molar-refractivity contribution in [2.75, 3.05) is 17.2 Å². The van der Waals surface area contributed by atoms with Gasteiger partial charge in [-0.2, -0.15) is 5.10 Å². The van der Waals surface area contributed by atoms with Gasteiger partial charge >= 0.3 is 0 Å². The van der Waals surface area contributed by atoms with Crippen LogP contribution in [-0.2, 0) is 7.05 Å². The smallest absolute Gasteiger partial charge is 0.0717 e. The lowest BCUT2D eigenvalue weighted by Crippen LogP contribution is -2.25. The Hall–Kier alpha value is -1.39. The van der Waals surface area contributed by atoms with E-state index in [-0.39, 0.29) is 6.04 Å². The van der Waals surface area contributed by atoms with Gasteiger partial charge in [0.1, 0.15) is 0 Å². The van der Waals surface area contributed by atoms with Crippen LogP contribution in [0.4, 0.5) is 11.4 Å². The third kappa shape index (κ3) is 2.02. The van der Waals surface area contributed by atoms with E-state index in [0.29, 0.717) is 10.0 Å². The van der Waals surface area contributed by atoms with Crippen LogP contribution in [0.1, 0.15) is 11.6 Å². The van der Waals surface area contributed by atoms with Gasteiger partial charge in [0.2, 0.25) is 0 Å². The Labute approximate surface area is 115 Å². The molecule has 4 nitrogen and oxygen atoms in total. The quantitative estimate of drug-likeness (QED) is 0.843. The number of hydrogen-bond donors (Lipinski definition) is 2. The number of anilines is 2. The van der Waals surface area contributed by atoms with Crippen molar-refractivity contribution in [3.63, 3.8) is 0 Å². The van der Waals surface area contributed by atoms with Crippen LogP contribution in [0.3, 0.4) is 0 Å². The molecule has 18 heavy (non-hydrogen) atoms. The molecule has 0 bridgehead atoms. The van der Waals surface area contributed by atoms with Crippen molar-refractivity contribution in [3.05, 3.63) is 40.1 Å². The number of fused-ring (bicyclic) bond motifs is 1. The van der Waals surface area contributed by atoms with Crippen LogP contribution >= 0.6 is 23.2 Å². The number of benzene rings is 1. The zero-order valence-corrected chi connectivity index (χ0v) is 11.3. The molecule has 1 unspecified atom stereocenters. The summed E-state index contributed by atoms with van der Waals surface area (Å²) >= 11 is 12.0. The van der Waals surface area contributed by atoms with Gasteiger partial charge in [-0.25, -0.2) is 0 Å². The van der Waals surface area contributed by atoms with Gasteiger partial charge in [-0.15, -0.1) is 0 Å². The predicted molar refractivity (Wildman–Crippen MR) is 74.5 cm³/mol. The average Bonchev–Trinajstić information content (AvgIpc) is 2.77. The van der Waals surface area contributed by atoms with E-state index in [1.807, 2.05) is 31.6 Å².